The fraction of sp³-hybridized carbons (Fsp3) is 0.421. The normalized spacial score (nSPS) is 17.3. The van der Waals surface area contributed by atoms with Gasteiger partial charge in [0.05, 0.1) is 30.7 Å². The Balaban J connectivity index is 1.88. The van der Waals surface area contributed by atoms with Gasteiger partial charge in [-0.1, -0.05) is 15.9 Å². The molecule has 2 aromatic heterocycles. The summed E-state index contributed by atoms with van der Waals surface area (Å²) < 4.78 is 23.5. The first-order chi connectivity index (χ1) is 12.9. The lowest BCUT2D eigenvalue weighted by atomic mass is 10.1. The molecule has 3 heterocycles. The van der Waals surface area contributed by atoms with Crippen LogP contribution in [0.5, 0.6) is 0 Å². The molecule has 1 aliphatic heterocycles. The summed E-state index contributed by atoms with van der Waals surface area (Å²) in [5.74, 6) is -0.441. The molecule has 1 aliphatic rings. The SMILES string of the molecule is CCOC(=O)C(c1ncn2c1C[C@@H](F)C2)n1cc2c(C)cc(Br)c(C)c2n1. The number of fused-ring (bicyclic) bond motifs is 2. The maximum Gasteiger partial charge on any atom is 0.337 e. The van der Waals surface area contributed by atoms with E-state index in [-0.39, 0.29) is 19.6 Å². The number of carbonyl (C=O) groups excluding carboxylic acids is 1. The first-order valence-corrected chi connectivity index (χ1v) is 9.69. The Morgan fingerprint density at radius 3 is 3.00 bits per heavy atom. The molecule has 1 aromatic carbocycles. The Morgan fingerprint density at radius 2 is 2.26 bits per heavy atom. The summed E-state index contributed by atoms with van der Waals surface area (Å²) in [4.78, 5) is 17.2. The topological polar surface area (TPSA) is 61.9 Å². The molecule has 0 fully saturated rings. The Labute approximate surface area is 164 Å². The minimum absolute atomic E-state index is 0.246. The Bertz CT molecular complexity index is 1040. The summed E-state index contributed by atoms with van der Waals surface area (Å²) >= 11 is 3.55. The average Bonchev–Trinajstić information content (AvgIpc) is 3.29. The quantitative estimate of drug-likeness (QED) is 0.587. The van der Waals surface area contributed by atoms with Gasteiger partial charge in [-0.05, 0) is 38.0 Å². The first kappa shape index (κ1) is 18.2. The van der Waals surface area contributed by atoms with E-state index in [4.69, 9.17) is 4.74 Å². The van der Waals surface area contributed by atoms with Crippen LogP contribution in [0, 0.1) is 13.8 Å². The second-order valence-electron chi connectivity index (χ2n) is 6.86. The number of hydrogen-bond acceptors (Lipinski definition) is 4. The van der Waals surface area contributed by atoms with Crippen molar-refractivity contribution in [2.75, 3.05) is 6.61 Å². The van der Waals surface area contributed by atoms with Gasteiger partial charge in [-0.15, -0.1) is 0 Å². The zero-order valence-electron chi connectivity index (χ0n) is 15.4. The van der Waals surface area contributed by atoms with Gasteiger partial charge in [0, 0.05) is 28.2 Å². The molecule has 0 radical (unpaired) electrons. The highest BCUT2D eigenvalue weighted by atomic mass is 79.9. The van der Waals surface area contributed by atoms with Crippen LogP contribution < -0.4 is 0 Å². The third-order valence-electron chi connectivity index (χ3n) is 5.04. The van der Waals surface area contributed by atoms with Crippen molar-refractivity contribution >= 4 is 32.8 Å². The fourth-order valence-corrected chi connectivity index (χ4v) is 4.19. The smallest absolute Gasteiger partial charge is 0.337 e. The van der Waals surface area contributed by atoms with E-state index < -0.39 is 18.2 Å². The number of imidazole rings is 1. The van der Waals surface area contributed by atoms with Crippen LogP contribution in [0.2, 0.25) is 0 Å². The van der Waals surface area contributed by atoms with Crippen LogP contribution in [0.3, 0.4) is 0 Å². The van der Waals surface area contributed by atoms with Crippen LogP contribution in [0.15, 0.2) is 23.1 Å². The number of nitrogens with zero attached hydrogens (tertiary/aromatic N) is 4. The highest BCUT2D eigenvalue weighted by Gasteiger charge is 2.34. The van der Waals surface area contributed by atoms with E-state index in [1.807, 2.05) is 26.1 Å². The van der Waals surface area contributed by atoms with Crippen LogP contribution in [-0.4, -0.2) is 38.1 Å². The van der Waals surface area contributed by atoms with E-state index in [1.54, 1.807) is 22.5 Å². The largest absolute Gasteiger partial charge is 0.464 e. The molecule has 27 heavy (non-hydrogen) atoms. The molecule has 0 saturated carbocycles. The van der Waals surface area contributed by atoms with Crippen molar-refractivity contribution in [1.29, 1.82) is 0 Å². The van der Waals surface area contributed by atoms with Crippen molar-refractivity contribution in [3.8, 4) is 0 Å². The summed E-state index contributed by atoms with van der Waals surface area (Å²) in [5.41, 5.74) is 4.10. The lowest BCUT2D eigenvalue weighted by Crippen LogP contribution is -2.25. The van der Waals surface area contributed by atoms with E-state index in [0.29, 0.717) is 5.69 Å². The van der Waals surface area contributed by atoms with Crippen molar-refractivity contribution in [3.05, 3.63) is 45.6 Å². The molecule has 0 amide bonds. The number of carbonyl (C=O) groups is 1. The number of rotatable bonds is 4. The third-order valence-corrected chi connectivity index (χ3v) is 5.86. The van der Waals surface area contributed by atoms with Gasteiger partial charge in [0.2, 0.25) is 0 Å². The van der Waals surface area contributed by atoms with Crippen LogP contribution >= 0.6 is 15.9 Å². The molecule has 0 spiro atoms. The third kappa shape index (κ3) is 2.96. The molecule has 2 atom stereocenters. The number of aryl methyl sites for hydroxylation is 2. The first-order valence-electron chi connectivity index (χ1n) is 8.89. The number of esters is 1. The Hall–Kier alpha value is -2.22. The molecule has 8 heteroatoms. The summed E-state index contributed by atoms with van der Waals surface area (Å²) in [6, 6.07) is 1.20. The van der Waals surface area contributed by atoms with Gasteiger partial charge in [-0.3, -0.25) is 4.68 Å². The van der Waals surface area contributed by atoms with E-state index >= 15 is 0 Å². The highest BCUT2D eigenvalue weighted by Crippen LogP contribution is 2.32. The second kappa shape index (κ2) is 6.74. The molecular weight excluding hydrogens is 415 g/mol. The van der Waals surface area contributed by atoms with Gasteiger partial charge in [0.25, 0.3) is 0 Å². The summed E-state index contributed by atoms with van der Waals surface area (Å²) in [6.45, 7) is 6.26. The van der Waals surface area contributed by atoms with Gasteiger partial charge in [0.15, 0.2) is 6.04 Å². The van der Waals surface area contributed by atoms with Gasteiger partial charge < -0.3 is 9.30 Å². The number of hydrogen-bond donors (Lipinski definition) is 0. The molecule has 0 bridgehead atoms. The summed E-state index contributed by atoms with van der Waals surface area (Å²) in [6.07, 6.45) is 2.73. The van der Waals surface area contributed by atoms with Crippen molar-refractivity contribution in [2.45, 2.75) is 46.0 Å². The molecule has 3 aromatic rings. The molecule has 0 saturated heterocycles. The predicted molar refractivity (Wildman–Crippen MR) is 103 cm³/mol. The standard InChI is InChI=1S/C19H20BrFN4O2/c1-4-27-19(26)18(17-15-6-12(21)7-24(15)9-22-17)25-8-13-10(2)5-14(20)11(3)16(13)23-25/h5,8-9,12,18H,4,6-7H2,1-3H3/t12-,18?/m1/s1. The van der Waals surface area contributed by atoms with Crippen LogP contribution in [-0.2, 0) is 22.5 Å². The molecule has 142 valence electrons. The maximum atomic E-state index is 13.9. The molecular formula is C19H20BrFN4O2. The number of benzene rings is 1. The zero-order chi connectivity index (χ0) is 19.3. The fourth-order valence-electron chi connectivity index (χ4n) is 3.66. The van der Waals surface area contributed by atoms with E-state index in [0.717, 1.165) is 32.2 Å². The molecule has 1 unspecified atom stereocenters. The molecule has 0 N–H and O–H groups in total. The van der Waals surface area contributed by atoms with Crippen LogP contribution in [0.1, 0.15) is 35.5 Å². The summed E-state index contributed by atoms with van der Waals surface area (Å²) in [7, 11) is 0. The van der Waals surface area contributed by atoms with E-state index in [9.17, 15) is 9.18 Å². The van der Waals surface area contributed by atoms with E-state index in [1.165, 1.54) is 0 Å². The van der Waals surface area contributed by atoms with Crippen LogP contribution in [0.25, 0.3) is 10.9 Å². The van der Waals surface area contributed by atoms with Crippen molar-refractivity contribution in [3.63, 3.8) is 0 Å². The van der Waals surface area contributed by atoms with Crippen molar-refractivity contribution in [1.82, 2.24) is 19.3 Å². The average molecular weight is 435 g/mol. The minimum atomic E-state index is -0.957. The molecule has 6 nitrogen and oxygen atoms in total. The number of halogens is 2. The summed E-state index contributed by atoms with van der Waals surface area (Å²) in [5, 5.41) is 5.64. The van der Waals surface area contributed by atoms with Gasteiger partial charge >= 0.3 is 5.97 Å². The van der Waals surface area contributed by atoms with E-state index in [2.05, 4.69) is 26.0 Å². The second-order valence-corrected chi connectivity index (χ2v) is 7.71. The number of aromatic nitrogens is 4. The van der Waals surface area contributed by atoms with Crippen molar-refractivity contribution in [2.24, 2.45) is 0 Å². The highest BCUT2D eigenvalue weighted by molar-refractivity contribution is 9.10. The predicted octanol–water partition coefficient (Wildman–Crippen LogP) is 3.66. The number of alkyl halides is 1. The lowest BCUT2D eigenvalue weighted by molar-refractivity contribution is -0.146. The maximum absolute atomic E-state index is 13.9. The van der Waals surface area contributed by atoms with Crippen molar-refractivity contribution < 1.29 is 13.9 Å². The minimum Gasteiger partial charge on any atom is -0.464 e. The monoisotopic (exact) mass is 434 g/mol. The molecule has 4 rings (SSSR count). The molecule has 0 aliphatic carbocycles. The van der Waals surface area contributed by atoms with Gasteiger partial charge in [0.1, 0.15) is 6.17 Å². The number of ether oxygens (including phenoxy) is 1. The zero-order valence-corrected chi connectivity index (χ0v) is 17.0. The lowest BCUT2D eigenvalue weighted by Gasteiger charge is -2.15. The Morgan fingerprint density at radius 1 is 1.48 bits per heavy atom. The van der Waals surface area contributed by atoms with Gasteiger partial charge in [-0.2, -0.15) is 5.10 Å². The van der Waals surface area contributed by atoms with Crippen LogP contribution in [0.4, 0.5) is 4.39 Å². The Kier molecular flexibility index (Phi) is 4.53. The van der Waals surface area contributed by atoms with Gasteiger partial charge in [-0.25, -0.2) is 14.2 Å².